The van der Waals surface area contributed by atoms with E-state index in [1.54, 1.807) is 24.3 Å². The Bertz CT molecular complexity index is 527. The minimum absolute atomic E-state index is 0.169. The van der Waals surface area contributed by atoms with Gasteiger partial charge in [0.25, 0.3) is 0 Å². The first kappa shape index (κ1) is 14.8. The van der Waals surface area contributed by atoms with Gasteiger partial charge < -0.3 is 10.5 Å². The summed E-state index contributed by atoms with van der Waals surface area (Å²) in [4.78, 5) is 0. The van der Waals surface area contributed by atoms with E-state index in [-0.39, 0.29) is 11.7 Å². The van der Waals surface area contributed by atoms with E-state index in [9.17, 15) is 4.39 Å². The Hall–Kier alpha value is -1.58. The lowest BCUT2D eigenvalue weighted by Gasteiger charge is -2.15. The van der Waals surface area contributed by atoms with Crippen LogP contribution in [0.25, 0.3) is 0 Å². The number of nitrogens with two attached hydrogens (primary N) is 1. The lowest BCUT2D eigenvalue weighted by molar-refractivity contribution is 0.298. The van der Waals surface area contributed by atoms with E-state index < -0.39 is 0 Å². The van der Waals surface area contributed by atoms with Crippen molar-refractivity contribution in [2.75, 3.05) is 13.2 Å². The quantitative estimate of drug-likeness (QED) is 0.874. The van der Waals surface area contributed by atoms with Gasteiger partial charge in [0, 0.05) is 5.02 Å². The fourth-order valence-electron chi connectivity index (χ4n) is 2.01. The smallest absolute Gasteiger partial charge is 0.123 e. The molecule has 0 saturated carbocycles. The average molecular weight is 294 g/mol. The number of ether oxygens (including phenoxy) is 1. The van der Waals surface area contributed by atoms with Crippen molar-refractivity contribution in [3.05, 3.63) is 64.9 Å². The predicted molar refractivity (Wildman–Crippen MR) is 79.8 cm³/mol. The first-order valence-corrected chi connectivity index (χ1v) is 6.90. The highest BCUT2D eigenvalue weighted by Crippen LogP contribution is 2.20. The first-order chi connectivity index (χ1) is 9.69. The van der Waals surface area contributed by atoms with Crippen LogP contribution in [0.1, 0.15) is 17.9 Å². The van der Waals surface area contributed by atoms with Crippen LogP contribution in [0.15, 0.2) is 48.5 Å². The molecule has 1 atom stereocenters. The molecule has 0 fully saturated rings. The molecule has 0 amide bonds. The highest BCUT2D eigenvalue weighted by Gasteiger charge is 2.10. The maximum atomic E-state index is 12.9. The van der Waals surface area contributed by atoms with Gasteiger partial charge in [-0.25, -0.2) is 4.39 Å². The summed E-state index contributed by atoms with van der Waals surface area (Å²) in [6.07, 6.45) is 0.782. The Morgan fingerprint density at radius 3 is 2.30 bits per heavy atom. The minimum Gasteiger partial charge on any atom is -0.494 e. The molecule has 0 aliphatic heterocycles. The molecule has 2 N–H and O–H groups in total. The van der Waals surface area contributed by atoms with E-state index in [4.69, 9.17) is 22.1 Å². The molecule has 0 spiro atoms. The highest BCUT2D eigenvalue weighted by atomic mass is 35.5. The van der Waals surface area contributed by atoms with Crippen molar-refractivity contribution in [2.45, 2.75) is 12.3 Å². The fourth-order valence-corrected chi connectivity index (χ4v) is 2.13. The molecule has 0 heterocycles. The molecular weight excluding hydrogens is 277 g/mol. The lowest BCUT2D eigenvalue weighted by atomic mass is 9.96. The lowest BCUT2D eigenvalue weighted by Crippen LogP contribution is -2.15. The van der Waals surface area contributed by atoms with Crippen molar-refractivity contribution in [3.63, 3.8) is 0 Å². The van der Waals surface area contributed by atoms with Crippen molar-refractivity contribution in [1.29, 1.82) is 0 Å². The van der Waals surface area contributed by atoms with Crippen molar-refractivity contribution < 1.29 is 9.13 Å². The van der Waals surface area contributed by atoms with Gasteiger partial charge in [-0.05, 0) is 60.8 Å². The normalized spacial score (nSPS) is 12.2. The Kier molecular flexibility index (Phi) is 5.39. The van der Waals surface area contributed by atoms with Crippen LogP contribution in [0.4, 0.5) is 4.39 Å². The third-order valence-corrected chi connectivity index (χ3v) is 3.43. The van der Waals surface area contributed by atoms with Crippen LogP contribution in [-0.4, -0.2) is 13.2 Å². The molecule has 2 aromatic rings. The van der Waals surface area contributed by atoms with E-state index in [1.807, 2.05) is 12.1 Å². The second-order valence-corrected chi connectivity index (χ2v) is 5.01. The SMILES string of the molecule is NCC(CCOc1ccc(Cl)cc1)c1ccc(F)cc1. The molecule has 106 valence electrons. The first-order valence-electron chi connectivity index (χ1n) is 6.53. The van der Waals surface area contributed by atoms with Gasteiger partial charge in [-0.3, -0.25) is 0 Å². The van der Waals surface area contributed by atoms with Crippen LogP contribution in [0, 0.1) is 5.82 Å². The minimum atomic E-state index is -0.234. The molecular formula is C16H17ClFNO. The number of hydrogen-bond donors (Lipinski definition) is 1. The van der Waals surface area contributed by atoms with Crippen molar-refractivity contribution in [3.8, 4) is 5.75 Å². The maximum Gasteiger partial charge on any atom is 0.123 e. The zero-order valence-electron chi connectivity index (χ0n) is 11.1. The third kappa shape index (κ3) is 4.22. The summed E-state index contributed by atoms with van der Waals surface area (Å²) in [5, 5.41) is 0.684. The Labute approximate surface area is 123 Å². The maximum absolute atomic E-state index is 12.9. The molecule has 0 aliphatic rings. The van der Waals surface area contributed by atoms with Gasteiger partial charge in [0.15, 0.2) is 0 Å². The molecule has 4 heteroatoms. The summed E-state index contributed by atoms with van der Waals surface area (Å²) in [6.45, 7) is 1.07. The fraction of sp³-hybridized carbons (Fsp3) is 0.250. The number of halogens is 2. The second-order valence-electron chi connectivity index (χ2n) is 4.58. The zero-order chi connectivity index (χ0) is 14.4. The molecule has 1 unspecified atom stereocenters. The van der Waals surface area contributed by atoms with Gasteiger partial charge >= 0.3 is 0 Å². The zero-order valence-corrected chi connectivity index (χ0v) is 11.8. The van der Waals surface area contributed by atoms with E-state index in [0.29, 0.717) is 18.2 Å². The van der Waals surface area contributed by atoms with E-state index in [0.717, 1.165) is 17.7 Å². The summed E-state index contributed by atoms with van der Waals surface area (Å²) in [6, 6.07) is 13.7. The van der Waals surface area contributed by atoms with Crippen LogP contribution in [0.3, 0.4) is 0 Å². The van der Waals surface area contributed by atoms with Gasteiger partial charge in [-0.1, -0.05) is 23.7 Å². The summed E-state index contributed by atoms with van der Waals surface area (Å²) in [5.41, 5.74) is 6.81. The monoisotopic (exact) mass is 293 g/mol. The summed E-state index contributed by atoms with van der Waals surface area (Å²) < 4.78 is 18.5. The molecule has 2 nitrogen and oxygen atoms in total. The molecule has 20 heavy (non-hydrogen) atoms. The van der Waals surface area contributed by atoms with Gasteiger partial charge in [-0.2, -0.15) is 0 Å². The second kappa shape index (κ2) is 7.27. The van der Waals surface area contributed by atoms with Crippen molar-refractivity contribution >= 4 is 11.6 Å². The van der Waals surface area contributed by atoms with Gasteiger partial charge in [0.1, 0.15) is 11.6 Å². The number of rotatable bonds is 6. The summed E-state index contributed by atoms with van der Waals surface area (Å²) >= 11 is 5.81. The van der Waals surface area contributed by atoms with Gasteiger partial charge in [0.05, 0.1) is 6.61 Å². The predicted octanol–water partition coefficient (Wildman–Crippen LogP) is 3.99. The molecule has 0 aliphatic carbocycles. The Balaban J connectivity index is 1.87. The van der Waals surface area contributed by atoms with Crippen LogP contribution in [-0.2, 0) is 0 Å². The summed E-state index contributed by atoms with van der Waals surface area (Å²) in [5.74, 6) is 0.717. The summed E-state index contributed by atoms with van der Waals surface area (Å²) in [7, 11) is 0. The number of benzene rings is 2. The van der Waals surface area contributed by atoms with Crippen LogP contribution in [0.2, 0.25) is 5.02 Å². The van der Waals surface area contributed by atoms with Crippen molar-refractivity contribution in [1.82, 2.24) is 0 Å². The van der Waals surface area contributed by atoms with E-state index in [2.05, 4.69) is 0 Å². The van der Waals surface area contributed by atoms with Crippen molar-refractivity contribution in [2.24, 2.45) is 5.73 Å². The standard InChI is InChI=1S/C16H17ClFNO/c17-14-3-7-16(8-4-14)20-10-9-13(11-19)12-1-5-15(18)6-2-12/h1-8,13H,9-11,19H2. The molecule has 0 bridgehead atoms. The van der Waals surface area contributed by atoms with Crippen LogP contribution < -0.4 is 10.5 Å². The number of hydrogen-bond acceptors (Lipinski definition) is 2. The molecule has 0 saturated heterocycles. The topological polar surface area (TPSA) is 35.2 Å². The van der Waals surface area contributed by atoms with Crippen LogP contribution in [0.5, 0.6) is 5.75 Å². The van der Waals surface area contributed by atoms with Gasteiger partial charge in [0.2, 0.25) is 0 Å². The third-order valence-electron chi connectivity index (χ3n) is 3.17. The Morgan fingerprint density at radius 2 is 1.70 bits per heavy atom. The Morgan fingerprint density at radius 1 is 1.05 bits per heavy atom. The van der Waals surface area contributed by atoms with Crippen LogP contribution >= 0.6 is 11.6 Å². The van der Waals surface area contributed by atoms with E-state index >= 15 is 0 Å². The molecule has 2 rings (SSSR count). The largest absolute Gasteiger partial charge is 0.494 e. The molecule has 2 aromatic carbocycles. The molecule has 0 aromatic heterocycles. The van der Waals surface area contributed by atoms with E-state index in [1.165, 1.54) is 12.1 Å². The highest BCUT2D eigenvalue weighted by molar-refractivity contribution is 6.30. The average Bonchev–Trinajstić information content (AvgIpc) is 2.47. The molecule has 0 radical (unpaired) electrons. The van der Waals surface area contributed by atoms with Gasteiger partial charge in [-0.15, -0.1) is 0 Å².